The zero-order chi connectivity index (χ0) is 14.7. The monoisotopic (exact) mass is 295 g/mol. The Kier molecular flexibility index (Phi) is 4.02. The van der Waals surface area contributed by atoms with Gasteiger partial charge in [-0.1, -0.05) is 35.9 Å². The lowest BCUT2D eigenvalue weighted by Gasteiger charge is -2.04. The fourth-order valence-electron chi connectivity index (χ4n) is 2.17. The van der Waals surface area contributed by atoms with E-state index in [0.717, 1.165) is 16.5 Å². The first kappa shape index (κ1) is 13.8. The maximum Gasteiger partial charge on any atom is 0.140 e. The molecule has 106 valence electrons. The molecule has 0 amide bonds. The van der Waals surface area contributed by atoms with Crippen molar-refractivity contribution in [2.45, 2.75) is 20.5 Å². The molecule has 0 atom stereocenters. The molecule has 2 nitrogen and oxygen atoms in total. The van der Waals surface area contributed by atoms with Crippen LogP contribution < -0.4 is 4.74 Å². The molecule has 0 unspecified atom stereocenters. The zero-order valence-electron chi connectivity index (χ0n) is 12.2. The van der Waals surface area contributed by atoms with E-state index < -0.39 is 0 Å². The van der Waals surface area contributed by atoms with Crippen molar-refractivity contribution in [3.63, 3.8) is 0 Å². The number of aromatic nitrogens is 1. The third-order valence-corrected chi connectivity index (χ3v) is 4.15. The first-order chi connectivity index (χ1) is 10.2. The van der Waals surface area contributed by atoms with Crippen LogP contribution in [-0.2, 0) is 6.61 Å². The molecule has 0 spiro atoms. The highest BCUT2D eigenvalue weighted by Crippen LogP contribution is 2.26. The van der Waals surface area contributed by atoms with Crippen molar-refractivity contribution in [2.24, 2.45) is 0 Å². The van der Waals surface area contributed by atoms with Crippen LogP contribution in [-0.4, -0.2) is 4.98 Å². The van der Waals surface area contributed by atoms with Crippen molar-refractivity contribution < 1.29 is 4.74 Å². The van der Waals surface area contributed by atoms with Gasteiger partial charge in [0.05, 0.1) is 5.69 Å². The van der Waals surface area contributed by atoms with E-state index >= 15 is 0 Å². The molecule has 0 saturated heterocycles. The van der Waals surface area contributed by atoms with Gasteiger partial charge in [-0.3, -0.25) is 0 Å². The Labute approximate surface area is 129 Å². The van der Waals surface area contributed by atoms with Crippen molar-refractivity contribution in [1.82, 2.24) is 4.98 Å². The highest BCUT2D eigenvalue weighted by Gasteiger charge is 2.08. The minimum atomic E-state index is 0.513. The van der Waals surface area contributed by atoms with E-state index in [0.29, 0.717) is 6.61 Å². The fraction of sp³-hybridized carbons (Fsp3) is 0.167. The Morgan fingerprint density at radius 2 is 1.86 bits per heavy atom. The summed E-state index contributed by atoms with van der Waals surface area (Å²) in [5, 5.41) is 3.10. The third kappa shape index (κ3) is 3.31. The predicted octanol–water partition coefficient (Wildman–Crippen LogP) is 5.01. The molecule has 3 rings (SSSR count). The Morgan fingerprint density at radius 1 is 1.05 bits per heavy atom. The van der Waals surface area contributed by atoms with Crippen LogP contribution in [0.15, 0.2) is 53.9 Å². The fourth-order valence-corrected chi connectivity index (χ4v) is 2.88. The molecule has 0 aliphatic heterocycles. The SMILES string of the molecule is Cc1ccc(C)c(-c2csc(COc3ccccc3)n2)c1. The van der Waals surface area contributed by atoms with E-state index in [9.17, 15) is 0 Å². The van der Waals surface area contributed by atoms with Crippen LogP contribution in [0.1, 0.15) is 16.1 Å². The number of ether oxygens (including phenoxy) is 1. The van der Waals surface area contributed by atoms with Crippen LogP contribution >= 0.6 is 11.3 Å². The highest BCUT2D eigenvalue weighted by atomic mass is 32.1. The third-order valence-electron chi connectivity index (χ3n) is 3.33. The van der Waals surface area contributed by atoms with Gasteiger partial charge in [-0.25, -0.2) is 4.98 Å². The standard InChI is InChI=1S/C18H17NOS/c1-13-8-9-14(2)16(10-13)17-12-21-18(19-17)11-20-15-6-4-3-5-7-15/h3-10,12H,11H2,1-2H3. The number of aryl methyl sites for hydroxylation is 2. The topological polar surface area (TPSA) is 22.1 Å². The van der Waals surface area contributed by atoms with Gasteiger partial charge in [0.2, 0.25) is 0 Å². The van der Waals surface area contributed by atoms with Crippen molar-refractivity contribution in [2.75, 3.05) is 0 Å². The lowest BCUT2D eigenvalue weighted by molar-refractivity contribution is 0.305. The van der Waals surface area contributed by atoms with Crippen molar-refractivity contribution in [3.05, 3.63) is 70.0 Å². The molecule has 3 heteroatoms. The van der Waals surface area contributed by atoms with E-state index in [1.165, 1.54) is 16.7 Å². The summed E-state index contributed by atoms with van der Waals surface area (Å²) in [5.74, 6) is 0.876. The molecule has 0 N–H and O–H groups in total. The van der Waals surface area contributed by atoms with Gasteiger partial charge in [0.15, 0.2) is 0 Å². The molecule has 1 aromatic heterocycles. The van der Waals surface area contributed by atoms with Crippen LogP contribution in [0.4, 0.5) is 0 Å². The summed E-state index contributed by atoms with van der Waals surface area (Å²) in [4.78, 5) is 4.69. The maximum absolute atomic E-state index is 5.74. The lowest BCUT2D eigenvalue weighted by Crippen LogP contribution is -1.94. The Balaban J connectivity index is 1.76. The number of nitrogens with zero attached hydrogens (tertiary/aromatic N) is 1. The number of rotatable bonds is 4. The highest BCUT2D eigenvalue weighted by molar-refractivity contribution is 7.09. The summed E-state index contributed by atoms with van der Waals surface area (Å²) >= 11 is 1.64. The molecular formula is C18H17NOS. The average Bonchev–Trinajstić information content (AvgIpc) is 2.97. The minimum Gasteiger partial charge on any atom is -0.486 e. The summed E-state index contributed by atoms with van der Waals surface area (Å²) in [6, 6.07) is 16.3. The molecule has 0 aliphatic carbocycles. The summed E-state index contributed by atoms with van der Waals surface area (Å²) in [6.07, 6.45) is 0. The van der Waals surface area contributed by atoms with E-state index in [4.69, 9.17) is 9.72 Å². The second kappa shape index (κ2) is 6.10. The summed E-state index contributed by atoms with van der Waals surface area (Å²) < 4.78 is 5.74. The zero-order valence-corrected chi connectivity index (χ0v) is 13.0. The van der Waals surface area contributed by atoms with Gasteiger partial charge in [-0.15, -0.1) is 11.3 Å². The largest absolute Gasteiger partial charge is 0.486 e. The van der Waals surface area contributed by atoms with Crippen LogP contribution in [0.3, 0.4) is 0 Å². The summed E-state index contributed by atoms with van der Waals surface area (Å²) in [7, 11) is 0. The summed E-state index contributed by atoms with van der Waals surface area (Å²) in [6.45, 7) is 4.74. The predicted molar refractivity (Wildman–Crippen MR) is 87.8 cm³/mol. The van der Waals surface area contributed by atoms with Gasteiger partial charge >= 0.3 is 0 Å². The van der Waals surface area contributed by atoms with Crippen LogP contribution in [0.5, 0.6) is 5.75 Å². The lowest BCUT2D eigenvalue weighted by atomic mass is 10.0. The normalized spacial score (nSPS) is 10.6. The van der Waals surface area contributed by atoms with E-state index in [-0.39, 0.29) is 0 Å². The first-order valence-corrected chi connectivity index (χ1v) is 7.80. The molecule has 0 bridgehead atoms. The van der Waals surface area contributed by atoms with Gasteiger partial charge in [-0.2, -0.15) is 0 Å². The smallest absolute Gasteiger partial charge is 0.140 e. The van der Waals surface area contributed by atoms with E-state index in [2.05, 4.69) is 37.4 Å². The van der Waals surface area contributed by atoms with Gasteiger partial charge in [-0.05, 0) is 37.6 Å². The van der Waals surface area contributed by atoms with Gasteiger partial charge in [0.1, 0.15) is 17.4 Å². The molecule has 2 aromatic carbocycles. The van der Waals surface area contributed by atoms with Crippen LogP contribution in [0.2, 0.25) is 0 Å². The van der Waals surface area contributed by atoms with Gasteiger partial charge in [0.25, 0.3) is 0 Å². The molecule has 0 aliphatic rings. The second-order valence-corrected chi connectivity index (χ2v) is 5.99. The quantitative estimate of drug-likeness (QED) is 0.675. The molecule has 0 saturated carbocycles. The van der Waals surface area contributed by atoms with E-state index in [1.54, 1.807) is 11.3 Å². The Morgan fingerprint density at radius 3 is 2.67 bits per heavy atom. The van der Waals surface area contributed by atoms with Gasteiger partial charge in [0, 0.05) is 10.9 Å². The van der Waals surface area contributed by atoms with Crippen LogP contribution in [0, 0.1) is 13.8 Å². The Hall–Kier alpha value is -2.13. The second-order valence-electron chi connectivity index (χ2n) is 5.05. The van der Waals surface area contributed by atoms with Gasteiger partial charge < -0.3 is 4.74 Å². The first-order valence-electron chi connectivity index (χ1n) is 6.92. The molecule has 21 heavy (non-hydrogen) atoms. The van der Waals surface area contributed by atoms with Crippen molar-refractivity contribution >= 4 is 11.3 Å². The molecule has 1 heterocycles. The van der Waals surface area contributed by atoms with Crippen molar-refractivity contribution in [1.29, 1.82) is 0 Å². The number of benzene rings is 2. The molecule has 0 radical (unpaired) electrons. The maximum atomic E-state index is 5.74. The molecular weight excluding hydrogens is 278 g/mol. The average molecular weight is 295 g/mol. The molecule has 3 aromatic rings. The molecule has 0 fully saturated rings. The van der Waals surface area contributed by atoms with E-state index in [1.807, 2.05) is 30.3 Å². The number of hydrogen-bond donors (Lipinski definition) is 0. The Bertz CT molecular complexity index is 734. The number of thiazole rings is 1. The summed E-state index contributed by atoms with van der Waals surface area (Å²) in [5.41, 5.74) is 4.75. The van der Waals surface area contributed by atoms with Crippen molar-refractivity contribution in [3.8, 4) is 17.0 Å². The number of para-hydroxylation sites is 1. The number of hydrogen-bond acceptors (Lipinski definition) is 3. The van der Waals surface area contributed by atoms with Crippen LogP contribution in [0.25, 0.3) is 11.3 Å². The minimum absolute atomic E-state index is 0.513.